The summed E-state index contributed by atoms with van der Waals surface area (Å²) < 4.78 is 11.2. The van der Waals surface area contributed by atoms with Crippen LogP contribution in [-0.4, -0.2) is 20.3 Å². The average Bonchev–Trinajstić information content (AvgIpc) is 2.22. The van der Waals surface area contributed by atoms with Crippen molar-refractivity contribution in [2.75, 3.05) is 26.1 Å². The molecule has 0 atom stereocenters. The molecule has 0 saturated carbocycles. The molecule has 0 unspecified atom stereocenters. The molecule has 5 heteroatoms. The van der Waals surface area contributed by atoms with Crippen LogP contribution in [0.4, 0.5) is 5.69 Å². The highest BCUT2D eigenvalue weighted by Crippen LogP contribution is 2.25. The SMILES string of the molecule is COCCOc1ccc(N)c(C=C(Br)Br)c1. The number of nitrogens with two attached hydrogens (primary N) is 1. The van der Waals surface area contributed by atoms with Gasteiger partial charge in [0, 0.05) is 18.4 Å². The standard InChI is InChI=1S/C11H13Br2NO2/c1-15-4-5-16-9-2-3-10(14)8(6-9)7-11(12)13/h2-3,6-7H,4-5,14H2,1H3. The van der Waals surface area contributed by atoms with E-state index in [0.717, 1.165) is 14.7 Å². The van der Waals surface area contributed by atoms with E-state index in [2.05, 4.69) is 31.9 Å². The lowest BCUT2D eigenvalue weighted by Crippen LogP contribution is -2.04. The topological polar surface area (TPSA) is 44.5 Å². The summed E-state index contributed by atoms with van der Waals surface area (Å²) >= 11 is 6.59. The zero-order valence-corrected chi connectivity index (χ0v) is 12.0. The molecule has 0 bridgehead atoms. The average molecular weight is 351 g/mol. The van der Waals surface area contributed by atoms with Crippen LogP contribution in [0.1, 0.15) is 5.56 Å². The molecule has 2 N–H and O–H groups in total. The first kappa shape index (κ1) is 13.5. The monoisotopic (exact) mass is 349 g/mol. The highest BCUT2D eigenvalue weighted by atomic mass is 79.9. The van der Waals surface area contributed by atoms with E-state index in [1.165, 1.54) is 0 Å². The first-order valence-corrected chi connectivity index (χ1v) is 6.26. The number of hydrogen-bond acceptors (Lipinski definition) is 3. The van der Waals surface area contributed by atoms with Gasteiger partial charge >= 0.3 is 0 Å². The Balaban J connectivity index is 2.77. The Morgan fingerprint density at radius 1 is 1.38 bits per heavy atom. The molecule has 0 aliphatic heterocycles. The molecule has 0 radical (unpaired) electrons. The molecule has 16 heavy (non-hydrogen) atoms. The highest BCUT2D eigenvalue weighted by Gasteiger charge is 2.00. The predicted octanol–water partition coefficient (Wildman–Crippen LogP) is 3.38. The molecule has 0 aliphatic rings. The van der Waals surface area contributed by atoms with Crippen LogP contribution in [0.3, 0.4) is 0 Å². The summed E-state index contributed by atoms with van der Waals surface area (Å²) in [5.41, 5.74) is 7.43. The maximum atomic E-state index is 5.83. The minimum absolute atomic E-state index is 0.527. The number of halogens is 2. The van der Waals surface area contributed by atoms with Gasteiger partial charge in [-0.3, -0.25) is 0 Å². The smallest absolute Gasteiger partial charge is 0.120 e. The van der Waals surface area contributed by atoms with Gasteiger partial charge in [-0.25, -0.2) is 0 Å². The molecule has 1 rings (SSSR count). The van der Waals surface area contributed by atoms with Crippen molar-refractivity contribution >= 4 is 43.6 Å². The summed E-state index contributed by atoms with van der Waals surface area (Å²) in [5, 5.41) is 0. The number of anilines is 1. The molecule has 0 amide bonds. The molecule has 3 nitrogen and oxygen atoms in total. The van der Waals surface area contributed by atoms with Gasteiger partial charge in [-0.1, -0.05) is 0 Å². The first-order chi connectivity index (χ1) is 7.63. The molecular weight excluding hydrogens is 338 g/mol. The summed E-state index contributed by atoms with van der Waals surface area (Å²) in [6.45, 7) is 1.09. The quantitative estimate of drug-likeness (QED) is 0.654. The molecule has 0 fully saturated rings. The highest BCUT2D eigenvalue weighted by molar-refractivity contribution is 9.28. The number of nitrogen functional groups attached to an aromatic ring is 1. The van der Waals surface area contributed by atoms with Crippen LogP contribution in [0, 0.1) is 0 Å². The number of hydrogen-bond donors (Lipinski definition) is 1. The number of methoxy groups -OCH3 is 1. The van der Waals surface area contributed by atoms with Gasteiger partial charge in [0.05, 0.1) is 10.00 Å². The van der Waals surface area contributed by atoms with Gasteiger partial charge in [0.15, 0.2) is 0 Å². The molecule has 1 aromatic rings. The van der Waals surface area contributed by atoms with E-state index in [9.17, 15) is 0 Å². The normalized spacial score (nSPS) is 9.94. The van der Waals surface area contributed by atoms with Crippen molar-refractivity contribution in [3.63, 3.8) is 0 Å². The maximum absolute atomic E-state index is 5.83. The molecule has 0 aromatic heterocycles. The van der Waals surface area contributed by atoms with Gasteiger partial charge < -0.3 is 15.2 Å². The van der Waals surface area contributed by atoms with Crippen molar-refractivity contribution in [2.45, 2.75) is 0 Å². The minimum Gasteiger partial charge on any atom is -0.491 e. The van der Waals surface area contributed by atoms with Crippen molar-refractivity contribution in [3.05, 3.63) is 27.2 Å². The molecule has 0 heterocycles. The third kappa shape index (κ3) is 4.55. The number of benzene rings is 1. The minimum atomic E-state index is 0.527. The Bertz CT molecular complexity index is 376. The summed E-state index contributed by atoms with van der Waals surface area (Å²) in [7, 11) is 1.64. The third-order valence-corrected chi connectivity index (χ3v) is 2.34. The van der Waals surface area contributed by atoms with Gasteiger partial charge in [0.25, 0.3) is 0 Å². The van der Waals surface area contributed by atoms with Crippen molar-refractivity contribution in [3.8, 4) is 5.75 Å². The van der Waals surface area contributed by atoms with E-state index in [0.29, 0.717) is 18.9 Å². The predicted molar refractivity (Wildman–Crippen MR) is 74.1 cm³/mol. The van der Waals surface area contributed by atoms with Crippen molar-refractivity contribution in [1.82, 2.24) is 0 Å². The van der Waals surface area contributed by atoms with Crippen LogP contribution in [0.2, 0.25) is 0 Å². The molecule has 0 spiro atoms. The fraction of sp³-hybridized carbons (Fsp3) is 0.273. The van der Waals surface area contributed by atoms with Crippen LogP contribution < -0.4 is 10.5 Å². The van der Waals surface area contributed by atoms with E-state index in [-0.39, 0.29) is 0 Å². The summed E-state index contributed by atoms with van der Waals surface area (Å²) in [6, 6.07) is 5.54. The maximum Gasteiger partial charge on any atom is 0.120 e. The van der Waals surface area contributed by atoms with Crippen LogP contribution in [-0.2, 0) is 4.74 Å². The van der Waals surface area contributed by atoms with Crippen molar-refractivity contribution in [2.24, 2.45) is 0 Å². The van der Waals surface area contributed by atoms with E-state index in [4.69, 9.17) is 15.2 Å². The largest absolute Gasteiger partial charge is 0.491 e. The summed E-state index contributed by atoms with van der Waals surface area (Å²) in [4.78, 5) is 0. The van der Waals surface area contributed by atoms with Gasteiger partial charge in [-0.15, -0.1) is 0 Å². The van der Waals surface area contributed by atoms with Gasteiger partial charge in [0.1, 0.15) is 12.4 Å². The Morgan fingerprint density at radius 3 is 2.75 bits per heavy atom. The van der Waals surface area contributed by atoms with Gasteiger partial charge in [-0.05, 0) is 56.1 Å². The Hall–Kier alpha value is -0.520. The fourth-order valence-corrected chi connectivity index (χ4v) is 1.62. The van der Waals surface area contributed by atoms with Crippen LogP contribution >= 0.6 is 31.9 Å². The second-order valence-corrected chi connectivity index (χ2v) is 5.84. The summed E-state index contributed by atoms with van der Waals surface area (Å²) in [6.07, 6.45) is 1.87. The van der Waals surface area contributed by atoms with E-state index >= 15 is 0 Å². The fourth-order valence-electron chi connectivity index (χ4n) is 1.13. The van der Waals surface area contributed by atoms with E-state index in [1.807, 2.05) is 24.3 Å². The lowest BCUT2D eigenvalue weighted by atomic mass is 10.2. The van der Waals surface area contributed by atoms with E-state index in [1.54, 1.807) is 7.11 Å². The van der Waals surface area contributed by atoms with Crippen LogP contribution in [0.5, 0.6) is 5.75 Å². The second kappa shape index (κ2) is 6.93. The lowest BCUT2D eigenvalue weighted by molar-refractivity contribution is 0.146. The second-order valence-electron chi connectivity index (χ2n) is 3.07. The molecule has 88 valence electrons. The molecule has 0 aliphatic carbocycles. The Kier molecular flexibility index (Phi) is 5.87. The third-order valence-electron chi connectivity index (χ3n) is 1.88. The van der Waals surface area contributed by atoms with Gasteiger partial charge in [-0.2, -0.15) is 0 Å². The van der Waals surface area contributed by atoms with Crippen LogP contribution in [0.25, 0.3) is 6.08 Å². The first-order valence-electron chi connectivity index (χ1n) is 4.67. The van der Waals surface area contributed by atoms with Crippen molar-refractivity contribution < 1.29 is 9.47 Å². The van der Waals surface area contributed by atoms with Crippen molar-refractivity contribution in [1.29, 1.82) is 0 Å². The zero-order chi connectivity index (χ0) is 12.0. The van der Waals surface area contributed by atoms with Crippen LogP contribution in [0.15, 0.2) is 21.6 Å². The lowest BCUT2D eigenvalue weighted by Gasteiger charge is -2.08. The van der Waals surface area contributed by atoms with Gasteiger partial charge in [0.2, 0.25) is 0 Å². The van der Waals surface area contributed by atoms with E-state index < -0.39 is 0 Å². The molecule has 0 saturated heterocycles. The number of ether oxygens (including phenoxy) is 2. The Labute approximate surface area is 112 Å². The summed E-state index contributed by atoms with van der Waals surface area (Å²) in [5.74, 6) is 0.777. The zero-order valence-electron chi connectivity index (χ0n) is 8.87. The molecular formula is C11H13Br2NO2. The number of rotatable bonds is 5. The molecule has 1 aromatic carbocycles. The Morgan fingerprint density at radius 2 is 2.12 bits per heavy atom.